The first-order valence-corrected chi connectivity index (χ1v) is 10.9. The molecule has 166 valence electrons. The van der Waals surface area contributed by atoms with Gasteiger partial charge in [0.1, 0.15) is 44.3 Å². The monoisotopic (exact) mass is 430 g/mol. The third-order valence-corrected chi connectivity index (χ3v) is 6.22. The lowest BCUT2D eigenvalue weighted by molar-refractivity contribution is -1.02. The molecule has 1 amide bonds. The van der Waals surface area contributed by atoms with Crippen LogP contribution in [-0.4, -0.2) is 86.8 Å². The number of anilines is 1. The number of aromatic nitrogens is 2. The number of carbonyl (C=O) groups excluding carboxylic acids is 1. The number of benzene rings is 1. The molecule has 0 saturated carbocycles. The van der Waals surface area contributed by atoms with Gasteiger partial charge in [-0.05, 0) is 24.3 Å². The van der Waals surface area contributed by atoms with E-state index in [2.05, 4.69) is 14.9 Å². The standard InChI is InChI=1S/C22H29FN6O2/c1-31-20-4-3-19(23)15-18(20)16-26-7-9-27(10-8-26)17-21(30)28-11-13-29(14-12-28)22-24-5-2-6-25-22/h2-6,15H,7-14,16-17H2,1H3/p+2. The number of methoxy groups -OCH3 is 1. The highest BCUT2D eigenvalue weighted by molar-refractivity contribution is 5.77. The molecule has 2 aliphatic heterocycles. The van der Waals surface area contributed by atoms with Crippen LogP contribution in [0.15, 0.2) is 36.7 Å². The summed E-state index contributed by atoms with van der Waals surface area (Å²) in [6.45, 7) is 8.03. The Balaban J connectivity index is 1.21. The van der Waals surface area contributed by atoms with Crippen molar-refractivity contribution in [3.05, 3.63) is 48.0 Å². The zero-order valence-electron chi connectivity index (χ0n) is 18.0. The third kappa shape index (κ3) is 5.48. The fourth-order valence-electron chi connectivity index (χ4n) is 4.40. The van der Waals surface area contributed by atoms with Crippen LogP contribution in [0.25, 0.3) is 0 Å². The average molecular weight is 431 g/mol. The Morgan fingerprint density at radius 1 is 1.06 bits per heavy atom. The molecule has 2 aliphatic rings. The summed E-state index contributed by atoms with van der Waals surface area (Å²) in [6.07, 6.45) is 3.49. The fraction of sp³-hybridized carbons (Fsp3) is 0.500. The number of rotatable bonds is 6. The lowest BCUT2D eigenvalue weighted by atomic mass is 10.1. The summed E-state index contributed by atoms with van der Waals surface area (Å²) in [5.41, 5.74) is 0.900. The third-order valence-electron chi connectivity index (χ3n) is 6.22. The Labute approximate surface area is 182 Å². The van der Waals surface area contributed by atoms with E-state index in [-0.39, 0.29) is 11.7 Å². The molecule has 4 rings (SSSR count). The van der Waals surface area contributed by atoms with Gasteiger partial charge in [-0.1, -0.05) is 0 Å². The molecule has 0 spiro atoms. The maximum Gasteiger partial charge on any atom is 0.277 e. The lowest BCUT2D eigenvalue weighted by Crippen LogP contribution is -3.28. The summed E-state index contributed by atoms with van der Waals surface area (Å²) in [4.78, 5) is 28.2. The van der Waals surface area contributed by atoms with Crippen molar-refractivity contribution in [3.8, 4) is 5.75 Å². The van der Waals surface area contributed by atoms with Crippen molar-refractivity contribution in [1.29, 1.82) is 0 Å². The minimum atomic E-state index is -0.232. The molecule has 2 fully saturated rings. The number of halogens is 1. The van der Waals surface area contributed by atoms with Crippen LogP contribution in [0.2, 0.25) is 0 Å². The second-order valence-corrected chi connectivity index (χ2v) is 8.23. The Kier molecular flexibility index (Phi) is 6.93. The summed E-state index contributed by atoms with van der Waals surface area (Å²) in [6, 6.07) is 6.49. The summed E-state index contributed by atoms with van der Waals surface area (Å²) >= 11 is 0. The fourth-order valence-corrected chi connectivity index (χ4v) is 4.40. The van der Waals surface area contributed by atoms with Crippen molar-refractivity contribution < 1.29 is 23.7 Å². The van der Waals surface area contributed by atoms with E-state index in [1.54, 1.807) is 31.6 Å². The summed E-state index contributed by atoms with van der Waals surface area (Å²) in [7, 11) is 1.62. The highest BCUT2D eigenvalue weighted by Crippen LogP contribution is 2.18. The van der Waals surface area contributed by atoms with E-state index >= 15 is 0 Å². The smallest absolute Gasteiger partial charge is 0.277 e. The molecule has 0 bridgehead atoms. The van der Waals surface area contributed by atoms with Crippen LogP contribution in [-0.2, 0) is 11.3 Å². The van der Waals surface area contributed by atoms with E-state index in [0.717, 1.165) is 63.1 Å². The number of ether oxygens (including phenoxy) is 1. The van der Waals surface area contributed by atoms with Crippen molar-refractivity contribution in [3.63, 3.8) is 0 Å². The Bertz CT molecular complexity index is 868. The highest BCUT2D eigenvalue weighted by Gasteiger charge is 2.29. The van der Waals surface area contributed by atoms with Crippen LogP contribution in [0.4, 0.5) is 10.3 Å². The number of hydrogen-bond donors (Lipinski definition) is 2. The van der Waals surface area contributed by atoms with E-state index in [4.69, 9.17) is 4.74 Å². The zero-order chi connectivity index (χ0) is 21.6. The van der Waals surface area contributed by atoms with E-state index in [0.29, 0.717) is 19.6 Å². The van der Waals surface area contributed by atoms with Crippen molar-refractivity contribution in [1.82, 2.24) is 14.9 Å². The van der Waals surface area contributed by atoms with Gasteiger partial charge in [-0.3, -0.25) is 4.79 Å². The van der Waals surface area contributed by atoms with Crippen molar-refractivity contribution in [2.75, 3.05) is 70.9 Å². The van der Waals surface area contributed by atoms with E-state index in [1.165, 1.54) is 15.9 Å². The normalized spacial score (nSPS) is 21.7. The largest absolute Gasteiger partial charge is 0.496 e. The second kappa shape index (κ2) is 10.0. The first-order valence-electron chi connectivity index (χ1n) is 10.9. The molecule has 2 aromatic rings. The molecule has 0 atom stereocenters. The first kappa shape index (κ1) is 21.5. The van der Waals surface area contributed by atoms with Crippen LogP contribution < -0.4 is 19.4 Å². The molecule has 9 heteroatoms. The van der Waals surface area contributed by atoms with Gasteiger partial charge in [0, 0.05) is 38.6 Å². The predicted molar refractivity (Wildman–Crippen MR) is 114 cm³/mol. The molecule has 1 aromatic carbocycles. The van der Waals surface area contributed by atoms with Gasteiger partial charge in [0.2, 0.25) is 5.95 Å². The molecule has 3 heterocycles. The van der Waals surface area contributed by atoms with Crippen LogP contribution in [0.3, 0.4) is 0 Å². The topological polar surface area (TPSA) is 67.4 Å². The van der Waals surface area contributed by atoms with Crippen LogP contribution in [0.1, 0.15) is 5.56 Å². The molecule has 1 aromatic heterocycles. The van der Waals surface area contributed by atoms with Gasteiger partial charge in [0.05, 0.1) is 12.7 Å². The van der Waals surface area contributed by atoms with Gasteiger partial charge in [-0.2, -0.15) is 0 Å². The summed E-state index contributed by atoms with van der Waals surface area (Å²) < 4.78 is 19.0. The summed E-state index contributed by atoms with van der Waals surface area (Å²) in [5.74, 6) is 1.45. The van der Waals surface area contributed by atoms with Gasteiger partial charge < -0.3 is 24.3 Å². The number of hydrogen-bond acceptors (Lipinski definition) is 5. The molecule has 8 nitrogen and oxygen atoms in total. The Morgan fingerprint density at radius 3 is 2.42 bits per heavy atom. The molecule has 0 unspecified atom stereocenters. The van der Waals surface area contributed by atoms with Crippen LogP contribution >= 0.6 is 0 Å². The lowest BCUT2D eigenvalue weighted by Gasteiger charge is -2.36. The van der Waals surface area contributed by atoms with Crippen LogP contribution in [0.5, 0.6) is 5.75 Å². The maximum atomic E-state index is 13.6. The van der Waals surface area contributed by atoms with Crippen molar-refractivity contribution >= 4 is 11.9 Å². The predicted octanol–water partition coefficient (Wildman–Crippen LogP) is -1.74. The minimum Gasteiger partial charge on any atom is -0.496 e. The molecule has 0 aliphatic carbocycles. The minimum absolute atomic E-state index is 0.221. The molecule has 2 N–H and O–H groups in total. The van der Waals surface area contributed by atoms with E-state index in [1.807, 2.05) is 11.0 Å². The van der Waals surface area contributed by atoms with Crippen molar-refractivity contribution in [2.24, 2.45) is 0 Å². The molecular weight excluding hydrogens is 399 g/mol. The van der Waals surface area contributed by atoms with Gasteiger partial charge in [-0.15, -0.1) is 0 Å². The molecular formula is C22H31FN6O2+2. The number of carbonyl (C=O) groups is 1. The second-order valence-electron chi connectivity index (χ2n) is 8.23. The zero-order valence-corrected chi connectivity index (χ0v) is 18.0. The maximum absolute atomic E-state index is 13.6. The average Bonchev–Trinajstić information content (AvgIpc) is 2.81. The number of quaternary nitrogens is 2. The van der Waals surface area contributed by atoms with Gasteiger partial charge in [-0.25, -0.2) is 14.4 Å². The molecule has 0 radical (unpaired) electrons. The quantitative estimate of drug-likeness (QED) is 0.570. The first-order chi connectivity index (χ1) is 15.1. The highest BCUT2D eigenvalue weighted by atomic mass is 19.1. The SMILES string of the molecule is COc1ccc(F)cc1C[NH+]1CC[NH+](CC(=O)N2CCN(c3ncccn3)CC2)CC1. The van der Waals surface area contributed by atoms with Gasteiger partial charge in [0.15, 0.2) is 6.54 Å². The number of piperazine rings is 2. The number of amides is 1. The van der Waals surface area contributed by atoms with Crippen LogP contribution in [0, 0.1) is 5.82 Å². The number of nitrogens with one attached hydrogen (secondary N) is 2. The Hall–Kier alpha value is -2.78. The Morgan fingerprint density at radius 2 is 1.74 bits per heavy atom. The summed E-state index contributed by atoms with van der Waals surface area (Å²) in [5, 5.41) is 0. The van der Waals surface area contributed by atoms with E-state index < -0.39 is 0 Å². The van der Waals surface area contributed by atoms with E-state index in [9.17, 15) is 9.18 Å². The molecule has 2 saturated heterocycles. The molecule has 31 heavy (non-hydrogen) atoms. The van der Waals surface area contributed by atoms with Crippen molar-refractivity contribution in [2.45, 2.75) is 6.54 Å². The van der Waals surface area contributed by atoms with Gasteiger partial charge in [0.25, 0.3) is 5.91 Å². The van der Waals surface area contributed by atoms with Gasteiger partial charge >= 0.3 is 0 Å². The number of nitrogens with zero attached hydrogens (tertiary/aromatic N) is 4.